The lowest BCUT2D eigenvalue weighted by atomic mass is 9.87. The van der Waals surface area contributed by atoms with Gasteiger partial charge in [0.15, 0.2) is 5.82 Å². The molecule has 0 aliphatic carbocycles. The van der Waals surface area contributed by atoms with Crippen molar-refractivity contribution in [3.63, 3.8) is 0 Å². The van der Waals surface area contributed by atoms with Crippen LogP contribution in [0.4, 0.5) is 0 Å². The number of hydrogen-bond acceptors (Lipinski definition) is 4. The molecule has 0 radical (unpaired) electrons. The molecule has 0 saturated carbocycles. The Labute approximate surface area is 153 Å². The van der Waals surface area contributed by atoms with Crippen LogP contribution >= 0.6 is 0 Å². The predicted molar refractivity (Wildman–Crippen MR) is 104 cm³/mol. The number of nitrogens with one attached hydrogen (secondary N) is 2. The van der Waals surface area contributed by atoms with E-state index in [1.807, 2.05) is 12.1 Å². The molecule has 6 nitrogen and oxygen atoms in total. The van der Waals surface area contributed by atoms with Crippen LogP contribution in [0, 0.1) is 0 Å². The van der Waals surface area contributed by atoms with E-state index in [0.29, 0.717) is 23.8 Å². The van der Waals surface area contributed by atoms with Gasteiger partial charge in [0.25, 0.3) is 11.3 Å². The van der Waals surface area contributed by atoms with Crippen LogP contribution in [0.1, 0.15) is 51.8 Å². The first kappa shape index (κ1) is 18.3. The lowest BCUT2D eigenvalue weighted by molar-refractivity contribution is 0.590. The Morgan fingerprint density at radius 1 is 1.15 bits per heavy atom. The van der Waals surface area contributed by atoms with E-state index in [4.69, 9.17) is 0 Å². The van der Waals surface area contributed by atoms with Gasteiger partial charge in [0, 0.05) is 18.2 Å². The molecule has 3 rings (SSSR count). The van der Waals surface area contributed by atoms with E-state index in [0.717, 1.165) is 24.9 Å². The molecule has 0 unspecified atom stereocenters. The van der Waals surface area contributed by atoms with Gasteiger partial charge in [-0.3, -0.25) is 9.89 Å². The van der Waals surface area contributed by atoms with E-state index >= 15 is 0 Å². The van der Waals surface area contributed by atoms with E-state index in [1.165, 1.54) is 10.1 Å². The summed E-state index contributed by atoms with van der Waals surface area (Å²) in [5.41, 5.74) is 2.86. The van der Waals surface area contributed by atoms with E-state index in [1.54, 1.807) is 6.07 Å². The van der Waals surface area contributed by atoms with Gasteiger partial charge < -0.3 is 5.32 Å². The number of H-pyrrole nitrogens is 1. The molecule has 2 aromatic heterocycles. The highest BCUT2D eigenvalue weighted by Gasteiger charge is 2.14. The molecule has 0 saturated heterocycles. The van der Waals surface area contributed by atoms with Gasteiger partial charge >= 0.3 is 0 Å². The van der Waals surface area contributed by atoms with E-state index in [2.05, 4.69) is 60.2 Å². The summed E-state index contributed by atoms with van der Waals surface area (Å²) in [7, 11) is 0. The van der Waals surface area contributed by atoms with Crippen LogP contribution in [0.3, 0.4) is 0 Å². The average Bonchev–Trinajstić information content (AvgIpc) is 3.03. The number of hydrogen-bond donors (Lipinski definition) is 2. The molecule has 26 heavy (non-hydrogen) atoms. The van der Waals surface area contributed by atoms with Gasteiger partial charge in [0.05, 0.1) is 5.69 Å². The second-order valence-corrected chi connectivity index (χ2v) is 7.65. The van der Waals surface area contributed by atoms with Crippen molar-refractivity contribution in [2.75, 3.05) is 6.54 Å². The Balaban J connectivity index is 1.87. The molecular weight excluding hydrogens is 326 g/mol. The van der Waals surface area contributed by atoms with Crippen molar-refractivity contribution in [2.24, 2.45) is 0 Å². The minimum absolute atomic E-state index is 0.102. The van der Waals surface area contributed by atoms with E-state index < -0.39 is 0 Å². The summed E-state index contributed by atoms with van der Waals surface area (Å²) in [6.07, 6.45) is 2.25. The smallest absolute Gasteiger partial charge is 0.274 e. The molecule has 0 bridgehead atoms. The molecule has 6 heteroatoms. The number of rotatable bonds is 6. The Morgan fingerprint density at radius 3 is 2.54 bits per heavy atom. The second-order valence-electron chi connectivity index (χ2n) is 7.65. The number of nitrogens with zero attached hydrogens (tertiary/aromatic N) is 3. The molecule has 0 aliphatic heterocycles. The molecule has 0 aliphatic rings. The normalized spacial score (nSPS) is 12.0. The molecule has 0 amide bonds. The third kappa shape index (κ3) is 4.02. The Kier molecular flexibility index (Phi) is 5.23. The van der Waals surface area contributed by atoms with Gasteiger partial charge in [-0.2, -0.15) is 9.50 Å². The van der Waals surface area contributed by atoms with E-state index in [9.17, 15) is 4.79 Å². The summed E-state index contributed by atoms with van der Waals surface area (Å²) in [5.74, 6) is 1.05. The lowest BCUT2D eigenvalue weighted by Gasteiger charge is -2.18. The maximum absolute atomic E-state index is 12.3. The van der Waals surface area contributed by atoms with Gasteiger partial charge in [-0.1, -0.05) is 58.4 Å². The van der Waals surface area contributed by atoms with Crippen LogP contribution in [0.15, 0.2) is 35.1 Å². The van der Waals surface area contributed by atoms with Crippen LogP contribution in [-0.2, 0) is 12.0 Å². The number of aromatic nitrogens is 4. The first-order valence-electron chi connectivity index (χ1n) is 9.19. The number of unbranched alkanes of at least 4 members (excludes halogenated alkanes) is 1. The molecule has 0 spiro atoms. The van der Waals surface area contributed by atoms with Crippen molar-refractivity contribution in [2.45, 2.75) is 52.5 Å². The number of benzene rings is 1. The van der Waals surface area contributed by atoms with Crippen LogP contribution in [0.5, 0.6) is 0 Å². The minimum atomic E-state index is -0.146. The van der Waals surface area contributed by atoms with Crippen LogP contribution < -0.4 is 10.9 Å². The summed E-state index contributed by atoms with van der Waals surface area (Å²) in [6.45, 7) is 10.2. The largest absolute Gasteiger partial charge is 0.311 e. The summed E-state index contributed by atoms with van der Waals surface area (Å²) >= 11 is 0. The standard InChI is InChI=1S/C20H27N5O/c1-5-6-11-21-13-16-12-17(26)25-19(22-16)23-18(24-25)14-7-9-15(10-8-14)20(2,3)4/h7-10,12,21H,5-6,11,13H2,1-4H3,(H,22,23,24). The van der Waals surface area contributed by atoms with Gasteiger partial charge in [-0.15, -0.1) is 0 Å². The molecule has 138 valence electrons. The molecule has 0 fully saturated rings. The van der Waals surface area contributed by atoms with Crippen LogP contribution in [-0.4, -0.2) is 26.1 Å². The van der Waals surface area contributed by atoms with Gasteiger partial charge in [0.2, 0.25) is 0 Å². The highest BCUT2D eigenvalue weighted by Crippen LogP contribution is 2.24. The first-order chi connectivity index (χ1) is 12.4. The zero-order valence-corrected chi connectivity index (χ0v) is 16.0. The summed E-state index contributed by atoms with van der Waals surface area (Å²) in [4.78, 5) is 21.3. The fraction of sp³-hybridized carbons (Fsp3) is 0.450. The van der Waals surface area contributed by atoms with Crippen molar-refractivity contribution in [1.82, 2.24) is 24.9 Å². The van der Waals surface area contributed by atoms with Crippen molar-refractivity contribution >= 4 is 5.78 Å². The second kappa shape index (κ2) is 7.41. The van der Waals surface area contributed by atoms with Crippen molar-refractivity contribution in [1.29, 1.82) is 0 Å². The fourth-order valence-electron chi connectivity index (χ4n) is 2.79. The molecule has 3 aromatic rings. The Bertz CT molecular complexity index is 931. The van der Waals surface area contributed by atoms with Crippen molar-refractivity contribution in [3.05, 3.63) is 51.9 Å². The third-order valence-corrected chi connectivity index (χ3v) is 4.42. The van der Waals surface area contributed by atoms with E-state index in [-0.39, 0.29) is 11.0 Å². The quantitative estimate of drug-likeness (QED) is 0.667. The van der Waals surface area contributed by atoms with Gasteiger partial charge in [0.1, 0.15) is 0 Å². The highest BCUT2D eigenvalue weighted by atomic mass is 16.1. The molecule has 2 heterocycles. The molecular formula is C20H27N5O. The number of fused-ring (bicyclic) bond motifs is 1. The predicted octanol–water partition coefficient (Wildman–Crippen LogP) is 3.27. The fourth-order valence-corrected chi connectivity index (χ4v) is 2.79. The third-order valence-electron chi connectivity index (χ3n) is 4.42. The summed E-state index contributed by atoms with van der Waals surface area (Å²) < 4.78 is 1.39. The Morgan fingerprint density at radius 2 is 1.88 bits per heavy atom. The van der Waals surface area contributed by atoms with Crippen LogP contribution in [0.2, 0.25) is 0 Å². The van der Waals surface area contributed by atoms with Crippen molar-refractivity contribution in [3.8, 4) is 11.4 Å². The zero-order valence-electron chi connectivity index (χ0n) is 16.0. The topological polar surface area (TPSA) is 75.1 Å². The molecule has 2 N–H and O–H groups in total. The van der Waals surface area contributed by atoms with Gasteiger partial charge in [-0.05, 0) is 23.9 Å². The monoisotopic (exact) mass is 353 g/mol. The van der Waals surface area contributed by atoms with Crippen LogP contribution in [0.25, 0.3) is 17.2 Å². The van der Waals surface area contributed by atoms with Crippen molar-refractivity contribution < 1.29 is 0 Å². The maximum Gasteiger partial charge on any atom is 0.274 e. The Hall–Kier alpha value is -2.47. The summed E-state index contributed by atoms with van der Waals surface area (Å²) in [5, 5.41) is 6.36. The minimum Gasteiger partial charge on any atom is -0.311 e. The maximum atomic E-state index is 12.3. The lowest BCUT2D eigenvalue weighted by Crippen LogP contribution is -2.20. The number of aromatic amines is 1. The molecule has 0 atom stereocenters. The summed E-state index contributed by atoms with van der Waals surface area (Å²) in [6, 6.07) is 9.80. The first-order valence-corrected chi connectivity index (χ1v) is 9.19. The molecule has 1 aromatic carbocycles. The SMILES string of the molecule is CCCCNCc1cc(=O)n2[nH]c(-c3ccc(C(C)(C)C)cc3)nc2n1. The average molecular weight is 353 g/mol. The highest BCUT2D eigenvalue weighted by molar-refractivity contribution is 5.57. The zero-order chi connectivity index (χ0) is 18.7. The van der Waals surface area contributed by atoms with Gasteiger partial charge in [-0.25, -0.2) is 4.98 Å².